The highest BCUT2D eigenvalue weighted by molar-refractivity contribution is 5.85. The van der Waals surface area contributed by atoms with Crippen LogP contribution in [0.5, 0.6) is 5.75 Å². The van der Waals surface area contributed by atoms with Crippen molar-refractivity contribution >= 4 is 18.3 Å². The summed E-state index contributed by atoms with van der Waals surface area (Å²) in [6, 6.07) is 17.4. The van der Waals surface area contributed by atoms with Crippen LogP contribution in [0.25, 0.3) is 0 Å². The summed E-state index contributed by atoms with van der Waals surface area (Å²) < 4.78 is 5.82. The monoisotopic (exact) mass is 432 g/mol. The Bertz CT molecular complexity index is 766. The number of nitrogens with one attached hydrogen (secondary N) is 2. The second-order valence-corrected chi connectivity index (χ2v) is 7.94. The van der Waals surface area contributed by atoms with Crippen molar-refractivity contribution in [1.82, 2.24) is 10.6 Å². The molecule has 3 rings (SSSR count). The average molecular weight is 433 g/mol. The average Bonchev–Trinajstić information content (AvgIpc) is 2.77. The molecule has 1 amide bonds. The lowest BCUT2D eigenvalue weighted by molar-refractivity contribution is -0.122. The predicted molar refractivity (Wildman–Crippen MR) is 122 cm³/mol. The lowest BCUT2D eigenvalue weighted by Gasteiger charge is -2.28. The zero-order valence-corrected chi connectivity index (χ0v) is 18.4. The number of hydrogen-bond donors (Lipinski definition) is 3. The van der Waals surface area contributed by atoms with E-state index in [1.54, 1.807) is 0 Å². The van der Waals surface area contributed by atoms with Crippen LogP contribution in [0.4, 0.5) is 0 Å². The summed E-state index contributed by atoms with van der Waals surface area (Å²) in [5, 5.41) is 16.7. The van der Waals surface area contributed by atoms with Gasteiger partial charge in [0.05, 0.1) is 6.10 Å². The Labute approximate surface area is 185 Å². The number of carbonyl (C=O) groups is 1. The molecule has 2 aromatic rings. The Kier molecular flexibility index (Phi) is 10.1. The molecule has 0 aromatic heterocycles. The van der Waals surface area contributed by atoms with E-state index in [0.29, 0.717) is 30.6 Å². The third kappa shape index (κ3) is 7.63. The maximum atomic E-state index is 12.3. The van der Waals surface area contributed by atoms with E-state index >= 15 is 0 Å². The Balaban J connectivity index is 0.00000320. The molecule has 2 atom stereocenters. The number of piperidine rings is 1. The first-order valence-corrected chi connectivity index (χ1v) is 10.5. The van der Waals surface area contributed by atoms with Crippen molar-refractivity contribution in [1.29, 1.82) is 0 Å². The molecule has 164 valence electrons. The SMILES string of the molecule is CC(CC(=O)NCC(O)c1cccc(OCc2ccccc2)c1)C1CCNCC1.Cl. The molecule has 0 spiro atoms. The summed E-state index contributed by atoms with van der Waals surface area (Å²) in [5.41, 5.74) is 1.83. The molecule has 1 fully saturated rings. The second-order valence-electron chi connectivity index (χ2n) is 7.94. The molecule has 2 unspecified atom stereocenters. The fraction of sp³-hybridized carbons (Fsp3) is 0.458. The summed E-state index contributed by atoms with van der Waals surface area (Å²) in [6.45, 7) is 4.92. The summed E-state index contributed by atoms with van der Waals surface area (Å²) in [7, 11) is 0. The van der Waals surface area contributed by atoms with Gasteiger partial charge in [-0.15, -0.1) is 12.4 Å². The third-order valence-corrected chi connectivity index (χ3v) is 5.68. The van der Waals surface area contributed by atoms with Gasteiger partial charge in [-0.1, -0.05) is 49.4 Å². The van der Waals surface area contributed by atoms with Crippen LogP contribution in [-0.4, -0.2) is 30.6 Å². The van der Waals surface area contributed by atoms with Crippen molar-refractivity contribution in [3.63, 3.8) is 0 Å². The first-order valence-electron chi connectivity index (χ1n) is 10.5. The van der Waals surface area contributed by atoms with Gasteiger partial charge in [0.2, 0.25) is 5.91 Å². The number of aliphatic hydroxyl groups excluding tert-OH is 1. The Morgan fingerprint density at radius 1 is 1.17 bits per heavy atom. The lowest BCUT2D eigenvalue weighted by Crippen LogP contribution is -2.34. The molecule has 0 saturated carbocycles. The van der Waals surface area contributed by atoms with Gasteiger partial charge in [-0.05, 0) is 61.0 Å². The van der Waals surface area contributed by atoms with Crippen molar-refractivity contribution in [3.8, 4) is 5.75 Å². The van der Waals surface area contributed by atoms with E-state index in [2.05, 4.69) is 17.6 Å². The summed E-state index contributed by atoms with van der Waals surface area (Å²) in [4.78, 5) is 12.3. The van der Waals surface area contributed by atoms with Gasteiger partial charge in [0, 0.05) is 13.0 Å². The highest BCUT2D eigenvalue weighted by Crippen LogP contribution is 2.24. The molecule has 0 bridgehead atoms. The number of aliphatic hydroxyl groups is 1. The summed E-state index contributed by atoms with van der Waals surface area (Å²) in [5.74, 6) is 1.68. The molecule has 30 heavy (non-hydrogen) atoms. The van der Waals surface area contributed by atoms with Crippen LogP contribution >= 0.6 is 12.4 Å². The molecule has 1 saturated heterocycles. The first-order chi connectivity index (χ1) is 14.1. The maximum Gasteiger partial charge on any atom is 0.220 e. The fourth-order valence-corrected chi connectivity index (χ4v) is 3.83. The molecule has 1 aliphatic rings. The number of amides is 1. The highest BCUT2D eigenvalue weighted by Gasteiger charge is 2.22. The fourth-order valence-electron chi connectivity index (χ4n) is 3.83. The molecule has 6 heteroatoms. The van der Waals surface area contributed by atoms with Gasteiger partial charge in [-0.3, -0.25) is 4.79 Å². The number of ether oxygens (including phenoxy) is 1. The van der Waals surface area contributed by atoms with Crippen LogP contribution in [-0.2, 0) is 11.4 Å². The number of hydrogen-bond acceptors (Lipinski definition) is 4. The standard InChI is InChI=1S/C24H32N2O3.ClH/c1-18(20-10-12-25-13-11-20)14-24(28)26-16-23(27)21-8-5-9-22(15-21)29-17-19-6-3-2-4-7-19;/h2-9,15,18,20,23,25,27H,10-14,16-17H2,1H3,(H,26,28);1H. The van der Waals surface area contributed by atoms with E-state index < -0.39 is 6.10 Å². The van der Waals surface area contributed by atoms with Crippen molar-refractivity contribution in [2.24, 2.45) is 11.8 Å². The van der Waals surface area contributed by atoms with Crippen LogP contribution in [0.2, 0.25) is 0 Å². The van der Waals surface area contributed by atoms with Crippen LogP contribution in [0.15, 0.2) is 54.6 Å². The quantitative estimate of drug-likeness (QED) is 0.562. The Morgan fingerprint density at radius 2 is 1.90 bits per heavy atom. The van der Waals surface area contributed by atoms with Crippen molar-refractivity contribution in [2.75, 3.05) is 19.6 Å². The molecule has 5 nitrogen and oxygen atoms in total. The lowest BCUT2D eigenvalue weighted by atomic mass is 9.84. The Hall–Kier alpha value is -2.08. The minimum Gasteiger partial charge on any atom is -0.489 e. The summed E-state index contributed by atoms with van der Waals surface area (Å²) in [6.07, 6.45) is 2.02. The van der Waals surface area contributed by atoms with Crippen molar-refractivity contribution in [3.05, 3.63) is 65.7 Å². The summed E-state index contributed by atoms with van der Waals surface area (Å²) >= 11 is 0. The van der Waals surface area contributed by atoms with Gasteiger partial charge in [0.25, 0.3) is 0 Å². The van der Waals surface area contributed by atoms with E-state index in [-0.39, 0.29) is 24.9 Å². The topological polar surface area (TPSA) is 70.6 Å². The molecule has 2 aromatic carbocycles. The zero-order chi connectivity index (χ0) is 20.5. The zero-order valence-electron chi connectivity index (χ0n) is 17.5. The van der Waals surface area contributed by atoms with Crippen molar-refractivity contribution < 1.29 is 14.6 Å². The van der Waals surface area contributed by atoms with Gasteiger partial charge in [-0.25, -0.2) is 0 Å². The van der Waals surface area contributed by atoms with Crippen LogP contribution in [0, 0.1) is 11.8 Å². The third-order valence-electron chi connectivity index (χ3n) is 5.68. The van der Waals surface area contributed by atoms with E-state index in [1.807, 2.05) is 54.6 Å². The van der Waals surface area contributed by atoms with E-state index in [4.69, 9.17) is 4.74 Å². The van der Waals surface area contributed by atoms with Gasteiger partial charge >= 0.3 is 0 Å². The van der Waals surface area contributed by atoms with Gasteiger partial charge < -0.3 is 20.5 Å². The molecule has 1 heterocycles. The molecule has 0 radical (unpaired) electrons. The number of halogens is 1. The molecule has 3 N–H and O–H groups in total. The molecular formula is C24H33ClN2O3. The molecule has 1 aliphatic heterocycles. The van der Waals surface area contributed by atoms with Gasteiger partial charge in [-0.2, -0.15) is 0 Å². The van der Waals surface area contributed by atoms with Gasteiger partial charge in [0.1, 0.15) is 12.4 Å². The smallest absolute Gasteiger partial charge is 0.220 e. The highest BCUT2D eigenvalue weighted by atomic mass is 35.5. The van der Waals surface area contributed by atoms with Gasteiger partial charge in [0.15, 0.2) is 0 Å². The molecular weight excluding hydrogens is 400 g/mol. The van der Waals surface area contributed by atoms with Crippen molar-refractivity contribution in [2.45, 2.75) is 38.9 Å². The minimum absolute atomic E-state index is 0. The number of carbonyl (C=O) groups excluding carboxylic acids is 1. The Morgan fingerprint density at radius 3 is 2.63 bits per heavy atom. The normalized spacial score (nSPS) is 16.2. The van der Waals surface area contributed by atoms with E-state index in [0.717, 1.165) is 37.1 Å². The number of benzene rings is 2. The number of rotatable bonds is 9. The van der Waals surface area contributed by atoms with Crippen LogP contribution in [0.1, 0.15) is 43.4 Å². The largest absolute Gasteiger partial charge is 0.489 e. The minimum atomic E-state index is -0.756. The van der Waals surface area contributed by atoms with Crippen LogP contribution in [0.3, 0.4) is 0 Å². The van der Waals surface area contributed by atoms with E-state index in [9.17, 15) is 9.90 Å². The molecule has 0 aliphatic carbocycles. The van der Waals surface area contributed by atoms with Crippen LogP contribution < -0.4 is 15.4 Å². The maximum absolute atomic E-state index is 12.3. The second kappa shape index (κ2) is 12.6. The predicted octanol–water partition coefficient (Wildman–Crippen LogP) is 3.86. The first kappa shape index (κ1) is 24.2. The van der Waals surface area contributed by atoms with E-state index in [1.165, 1.54) is 0 Å².